The zero-order chi connectivity index (χ0) is 19.1. The fourth-order valence-corrected chi connectivity index (χ4v) is 3.42. The quantitative estimate of drug-likeness (QED) is 0.700. The predicted molar refractivity (Wildman–Crippen MR) is 103 cm³/mol. The van der Waals surface area contributed by atoms with Gasteiger partial charge < -0.3 is 15.2 Å². The van der Waals surface area contributed by atoms with E-state index in [0.717, 1.165) is 31.2 Å². The number of carboxylic acids is 1. The number of hydrogen-bond donors (Lipinski definition) is 2. The Morgan fingerprint density at radius 2 is 1.89 bits per heavy atom. The largest absolute Gasteiger partial charge is 0.478 e. The fraction of sp³-hybridized carbons (Fsp3) is 0.364. The second-order valence-corrected chi connectivity index (χ2v) is 6.83. The molecule has 1 amide bonds. The Labute approximate surface area is 159 Å². The Morgan fingerprint density at radius 1 is 1.11 bits per heavy atom. The van der Waals surface area contributed by atoms with Crippen molar-refractivity contribution < 1.29 is 19.4 Å². The van der Waals surface area contributed by atoms with Crippen LogP contribution in [-0.4, -0.2) is 30.1 Å². The Morgan fingerprint density at radius 3 is 2.67 bits per heavy atom. The van der Waals surface area contributed by atoms with E-state index in [2.05, 4.69) is 29.6 Å². The predicted octanol–water partition coefficient (Wildman–Crippen LogP) is 3.53. The van der Waals surface area contributed by atoms with Gasteiger partial charge in [0, 0.05) is 13.2 Å². The molecule has 2 aromatic rings. The molecule has 5 heteroatoms. The number of fused-ring (bicyclic) bond motifs is 1. The number of carbonyl (C=O) groups excluding carboxylic acids is 1. The Bertz CT molecular complexity index is 785. The lowest BCUT2D eigenvalue weighted by Crippen LogP contribution is -2.27. The lowest BCUT2D eigenvalue weighted by Gasteiger charge is -2.25. The van der Waals surface area contributed by atoms with E-state index >= 15 is 0 Å². The van der Waals surface area contributed by atoms with Crippen LogP contribution in [0.15, 0.2) is 48.5 Å². The maximum atomic E-state index is 12.0. The van der Waals surface area contributed by atoms with Crippen molar-refractivity contribution in [2.45, 2.75) is 38.2 Å². The van der Waals surface area contributed by atoms with E-state index in [0.29, 0.717) is 13.2 Å². The third-order valence-corrected chi connectivity index (χ3v) is 4.84. The number of benzene rings is 2. The average molecular weight is 367 g/mol. The zero-order valence-corrected chi connectivity index (χ0v) is 15.3. The smallest absolute Gasteiger partial charge is 0.335 e. The summed E-state index contributed by atoms with van der Waals surface area (Å²) < 4.78 is 6.04. The Hall–Kier alpha value is -2.66. The second-order valence-electron chi connectivity index (χ2n) is 6.83. The minimum Gasteiger partial charge on any atom is -0.478 e. The molecule has 1 atom stereocenters. The van der Waals surface area contributed by atoms with Gasteiger partial charge in [0.2, 0.25) is 5.91 Å². The van der Waals surface area contributed by atoms with E-state index in [1.54, 1.807) is 12.1 Å². The summed E-state index contributed by atoms with van der Waals surface area (Å²) in [6.45, 7) is 1.19. The number of carbonyl (C=O) groups is 2. The average Bonchev–Trinajstić information content (AvgIpc) is 2.68. The highest BCUT2D eigenvalue weighted by Gasteiger charge is 2.19. The molecule has 1 unspecified atom stereocenters. The third-order valence-electron chi connectivity index (χ3n) is 4.84. The highest BCUT2D eigenvalue weighted by molar-refractivity contribution is 5.87. The maximum Gasteiger partial charge on any atom is 0.335 e. The molecule has 142 valence electrons. The summed E-state index contributed by atoms with van der Waals surface area (Å²) in [6.07, 6.45) is 4.51. The van der Waals surface area contributed by atoms with Crippen LogP contribution in [0.4, 0.5) is 0 Å². The van der Waals surface area contributed by atoms with Crippen molar-refractivity contribution in [3.05, 3.63) is 70.8 Å². The van der Waals surface area contributed by atoms with Crippen LogP contribution in [0.3, 0.4) is 0 Å². The fourth-order valence-electron chi connectivity index (χ4n) is 3.42. The van der Waals surface area contributed by atoms with Crippen LogP contribution in [0.1, 0.15) is 52.4 Å². The number of aryl methyl sites for hydroxylation is 1. The summed E-state index contributed by atoms with van der Waals surface area (Å²) in [5, 5.41) is 11.8. The van der Waals surface area contributed by atoms with E-state index in [-0.39, 0.29) is 24.0 Å². The van der Waals surface area contributed by atoms with Gasteiger partial charge in [0.25, 0.3) is 0 Å². The second kappa shape index (κ2) is 9.33. The molecule has 0 aliphatic heterocycles. The van der Waals surface area contributed by atoms with Crippen LogP contribution in [0.25, 0.3) is 0 Å². The van der Waals surface area contributed by atoms with Gasteiger partial charge in [-0.3, -0.25) is 4.79 Å². The molecule has 5 nitrogen and oxygen atoms in total. The first-order chi connectivity index (χ1) is 13.1. The molecule has 0 aromatic heterocycles. The van der Waals surface area contributed by atoms with Crippen molar-refractivity contribution in [1.29, 1.82) is 0 Å². The van der Waals surface area contributed by atoms with Gasteiger partial charge >= 0.3 is 5.97 Å². The number of nitrogens with one attached hydrogen (secondary N) is 1. The summed E-state index contributed by atoms with van der Waals surface area (Å²) in [4.78, 5) is 22.8. The van der Waals surface area contributed by atoms with Crippen LogP contribution in [0.2, 0.25) is 0 Å². The molecule has 0 heterocycles. The number of rotatable bonds is 8. The molecule has 3 rings (SSSR count). The highest BCUT2D eigenvalue weighted by Crippen LogP contribution is 2.32. The lowest BCUT2D eigenvalue weighted by molar-refractivity contribution is -0.120. The minimum atomic E-state index is -0.966. The van der Waals surface area contributed by atoms with Crippen molar-refractivity contribution in [3.8, 4) is 0 Å². The molecule has 0 spiro atoms. The molecule has 1 aliphatic rings. The number of ether oxygens (including phenoxy) is 1. The first kappa shape index (κ1) is 19.1. The lowest BCUT2D eigenvalue weighted by atomic mass is 9.89. The van der Waals surface area contributed by atoms with E-state index in [1.807, 2.05) is 0 Å². The van der Waals surface area contributed by atoms with Gasteiger partial charge in [-0.15, -0.1) is 0 Å². The van der Waals surface area contributed by atoms with Crippen molar-refractivity contribution in [1.82, 2.24) is 5.32 Å². The molecule has 2 N–H and O–H groups in total. The van der Waals surface area contributed by atoms with Gasteiger partial charge in [-0.1, -0.05) is 36.4 Å². The molecule has 2 aromatic carbocycles. The maximum absolute atomic E-state index is 12.0. The van der Waals surface area contributed by atoms with Crippen molar-refractivity contribution in [3.63, 3.8) is 0 Å². The van der Waals surface area contributed by atoms with Gasteiger partial charge in [-0.25, -0.2) is 4.79 Å². The molecule has 0 radical (unpaired) electrons. The third kappa shape index (κ3) is 5.41. The van der Waals surface area contributed by atoms with Crippen LogP contribution < -0.4 is 5.32 Å². The molecule has 27 heavy (non-hydrogen) atoms. The summed E-state index contributed by atoms with van der Waals surface area (Å²) in [5.74, 6) is -1.03. The zero-order valence-electron chi connectivity index (χ0n) is 15.3. The minimum absolute atomic E-state index is 0.0684. The number of carboxylic acid groups (broad SMARTS) is 1. The number of hydrogen-bond acceptors (Lipinski definition) is 3. The van der Waals surface area contributed by atoms with Crippen LogP contribution in [-0.2, 0) is 22.4 Å². The van der Waals surface area contributed by atoms with Crippen molar-refractivity contribution >= 4 is 11.9 Å². The number of amides is 1. The topological polar surface area (TPSA) is 75.6 Å². The van der Waals surface area contributed by atoms with E-state index in [4.69, 9.17) is 9.84 Å². The molecule has 1 aliphatic carbocycles. The van der Waals surface area contributed by atoms with E-state index < -0.39 is 5.97 Å². The van der Waals surface area contributed by atoms with Crippen LogP contribution in [0.5, 0.6) is 0 Å². The standard InChI is InChI=1S/C22H25NO4/c24-21(15-16-9-11-18(12-10-16)22(25)26)23-13-4-14-27-20-8-3-6-17-5-1-2-7-19(17)20/h1-2,5,7,9-12,20H,3-4,6,8,13-15H2,(H,23,24)(H,25,26). The summed E-state index contributed by atoms with van der Waals surface area (Å²) in [6, 6.07) is 14.8. The van der Waals surface area contributed by atoms with Crippen LogP contribution in [0, 0.1) is 0 Å². The molecular formula is C22H25NO4. The molecule has 0 bridgehead atoms. The monoisotopic (exact) mass is 367 g/mol. The van der Waals surface area contributed by atoms with Gasteiger partial charge in [0.1, 0.15) is 0 Å². The SMILES string of the molecule is O=C(Cc1ccc(C(=O)O)cc1)NCCCOC1CCCc2ccccc21. The molecule has 0 fully saturated rings. The van der Waals surface area contributed by atoms with Crippen molar-refractivity contribution in [2.75, 3.05) is 13.2 Å². The van der Waals surface area contributed by atoms with E-state index in [9.17, 15) is 9.59 Å². The number of aromatic carboxylic acids is 1. The van der Waals surface area contributed by atoms with Gasteiger partial charge in [0.05, 0.1) is 18.1 Å². The van der Waals surface area contributed by atoms with Gasteiger partial charge in [-0.2, -0.15) is 0 Å². The molecule has 0 saturated carbocycles. The summed E-state index contributed by atoms with van der Waals surface area (Å²) in [7, 11) is 0. The highest BCUT2D eigenvalue weighted by atomic mass is 16.5. The van der Waals surface area contributed by atoms with Crippen molar-refractivity contribution in [2.24, 2.45) is 0 Å². The Kier molecular flexibility index (Phi) is 6.60. The Balaban J connectivity index is 1.36. The van der Waals surface area contributed by atoms with Crippen LogP contribution >= 0.6 is 0 Å². The summed E-state index contributed by atoms with van der Waals surface area (Å²) >= 11 is 0. The van der Waals surface area contributed by atoms with E-state index in [1.165, 1.54) is 23.3 Å². The molecule has 0 saturated heterocycles. The summed E-state index contributed by atoms with van der Waals surface area (Å²) in [5.41, 5.74) is 3.71. The molecular weight excluding hydrogens is 342 g/mol. The normalized spacial score (nSPS) is 15.8. The first-order valence-corrected chi connectivity index (χ1v) is 9.42. The van der Waals surface area contributed by atoms with Gasteiger partial charge in [0.15, 0.2) is 0 Å². The van der Waals surface area contributed by atoms with Gasteiger partial charge in [-0.05, 0) is 54.5 Å². The first-order valence-electron chi connectivity index (χ1n) is 9.42.